The number of benzene rings is 3. The summed E-state index contributed by atoms with van der Waals surface area (Å²) in [6, 6.07) is 25.9. The van der Waals surface area contributed by atoms with Crippen LogP contribution in [-0.4, -0.2) is 45.7 Å². The van der Waals surface area contributed by atoms with E-state index in [9.17, 15) is 4.79 Å². The van der Waals surface area contributed by atoms with Crippen LogP contribution >= 0.6 is 27.7 Å². The topological polar surface area (TPSA) is 75.4 Å². The number of nitrogens with one attached hydrogen (secondary N) is 1. The van der Waals surface area contributed by atoms with Gasteiger partial charge >= 0.3 is 0 Å². The number of thioether (sulfide) groups is 1. The van der Waals surface area contributed by atoms with E-state index in [4.69, 9.17) is 0 Å². The summed E-state index contributed by atoms with van der Waals surface area (Å²) in [5.41, 5.74) is 6.54. The molecule has 3 aromatic carbocycles. The van der Waals surface area contributed by atoms with Crippen LogP contribution in [0.2, 0.25) is 0 Å². The number of nitrogens with zero attached hydrogens (tertiary/aromatic N) is 5. The van der Waals surface area contributed by atoms with Crippen LogP contribution in [0.5, 0.6) is 0 Å². The molecular weight excluding hydrogens is 536 g/mol. The quantitative estimate of drug-likeness (QED) is 0.150. The van der Waals surface area contributed by atoms with Crippen LogP contribution < -0.4 is 10.3 Å². The number of hydrogen-bond donors (Lipinski definition) is 1. The van der Waals surface area contributed by atoms with E-state index in [0.717, 1.165) is 34.4 Å². The van der Waals surface area contributed by atoms with Crippen molar-refractivity contribution >= 4 is 45.5 Å². The predicted octanol–water partition coefficient (Wildman–Crippen LogP) is 5.79. The summed E-state index contributed by atoms with van der Waals surface area (Å²) in [5.74, 6) is 0.640. The van der Waals surface area contributed by atoms with Crippen LogP contribution in [0.1, 0.15) is 19.4 Å². The van der Waals surface area contributed by atoms with Crippen LogP contribution in [0.15, 0.2) is 93.6 Å². The monoisotopic (exact) mass is 562 g/mol. The number of hydrogen-bond acceptors (Lipinski definition) is 6. The van der Waals surface area contributed by atoms with Crippen LogP contribution in [0, 0.1) is 0 Å². The summed E-state index contributed by atoms with van der Waals surface area (Å²) in [6.07, 6.45) is 1.65. The van der Waals surface area contributed by atoms with Gasteiger partial charge in [0.1, 0.15) is 0 Å². The number of amides is 1. The lowest BCUT2D eigenvalue weighted by Crippen LogP contribution is -2.21. The Bertz CT molecular complexity index is 1320. The van der Waals surface area contributed by atoms with Crippen molar-refractivity contribution in [2.45, 2.75) is 19.0 Å². The first kappa shape index (κ1) is 25.7. The second-order valence-electron chi connectivity index (χ2n) is 7.83. The highest BCUT2D eigenvalue weighted by atomic mass is 79.9. The Morgan fingerprint density at radius 2 is 1.78 bits per heavy atom. The number of para-hydroxylation sites is 1. The average molecular weight is 564 g/mol. The van der Waals surface area contributed by atoms with Crippen LogP contribution in [0.3, 0.4) is 0 Å². The maximum atomic E-state index is 12.5. The molecule has 0 atom stereocenters. The van der Waals surface area contributed by atoms with Gasteiger partial charge in [-0.15, -0.1) is 10.2 Å². The molecule has 7 nitrogen and oxygen atoms in total. The summed E-state index contributed by atoms with van der Waals surface area (Å²) in [7, 11) is 0. The molecule has 0 aliphatic heterocycles. The van der Waals surface area contributed by atoms with Gasteiger partial charge in [0, 0.05) is 34.5 Å². The molecule has 0 bridgehead atoms. The van der Waals surface area contributed by atoms with E-state index in [0.29, 0.717) is 11.0 Å². The Labute approximate surface area is 223 Å². The van der Waals surface area contributed by atoms with Gasteiger partial charge in [0.2, 0.25) is 0 Å². The molecule has 0 radical (unpaired) electrons. The fourth-order valence-electron chi connectivity index (χ4n) is 3.69. The van der Waals surface area contributed by atoms with Crippen LogP contribution in [0.25, 0.3) is 17.1 Å². The number of halogens is 1. The number of aromatic nitrogens is 3. The van der Waals surface area contributed by atoms with E-state index < -0.39 is 0 Å². The van der Waals surface area contributed by atoms with Gasteiger partial charge in [0.25, 0.3) is 5.91 Å². The van der Waals surface area contributed by atoms with Crippen molar-refractivity contribution in [2.75, 3.05) is 23.7 Å². The molecule has 0 saturated heterocycles. The Hall–Kier alpha value is -3.43. The Balaban J connectivity index is 1.42. The molecule has 1 heterocycles. The molecular formula is C27H27BrN6OS. The predicted molar refractivity (Wildman–Crippen MR) is 151 cm³/mol. The second kappa shape index (κ2) is 12.5. The molecule has 184 valence electrons. The first-order valence-corrected chi connectivity index (χ1v) is 13.4. The standard InChI is InChI=1S/C27H27BrN6OS/c1-3-33(4-2)23-15-13-20(14-16-23)18-29-30-25(35)19-36-27-32-31-26(21-9-8-10-22(28)17-21)34(27)24-11-6-5-7-12-24/h5-18H,3-4,19H2,1-2H3,(H,30,35)/b29-18-. The van der Waals surface area contributed by atoms with Crippen molar-refractivity contribution in [3.8, 4) is 17.1 Å². The van der Waals surface area contributed by atoms with Gasteiger partial charge in [0.05, 0.1) is 12.0 Å². The summed E-state index contributed by atoms with van der Waals surface area (Å²) in [6.45, 7) is 6.19. The smallest absolute Gasteiger partial charge is 0.250 e. The fraction of sp³-hybridized carbons (Fsp3) is 0.185. The van der Waals surface area contributed by atoms with Gasteiger partial charge in [-0.2, -0.15) is 5.10 Å². The van der Waals surface area contributed by atoms with Crippen LogP contribution in [0.4, 0.5) is 5.69 Å². The third-order valence-corrected chi connectivity index (χ3v) is 6.91. The number of anilines is 1. The SMILES string of the molecule is CCN(CC)c1ccc(/C=N\NC(=O)CSc2nnc(-c3cccc(Br)c3)n2-c2ccccc2)cc1. The Kier molecular flexibility index (Phi) is 8.91. The van der Waals surface area contributed by atoms with E-state index in [2.05, 4.69) is 67.5 Å². The molecule has 4 aromatic rings. The highest BCUT2D eigenvalue weighted by molar-refractivity contribution is 9.10. The van der Waals surface area contributed by atoms with Gasteiger partial charge in [-0.3, -0.25) is 9.36 Å². The molecule has 1 aromatic heterocycles. The molecule has 36 heavy (non-hydrogen) atoms. The Morgan fingerprint density at radius 3 is 2.47 bits per heavy atom. The van der Waals surface area contributed by atoms with Gasteiger partial charge in [0.15, 0.2) is 11.0 Å². The van der Waals surface area contributed by atoms with Crippen molar-refractivity contribution in [3.63, 3.8) is 0 Å². The van der Waals surface area contributed by atoms with Crippen molar-refractivity contribution in [3.05, 3.63) is 88.9 Å². The van der Waals surface area contributed by atoms with E-state index >= 15 is 0 Å². The second-order valence-corrected chi connectivity index (χ2v) is 9.69. The zero-order valence-electron chi connectivity index (χ0n) is 20.1. The van der Waals surface area contributed by atoms with Crippen molar-refractivity contribution < 1.29 is 4.79 Å². The third kappa shape index (κ3) is 6.41. The molecule has 0 aliphatic carbocycles. The normalized spacial score (nSPS) is 11.1. The van der Waals surface area contributed by atoms with Crippen molar-refractivity contribution in [2.24, 2.45) is 5.10 Å². The minimum atomic E-state index is -0.220. The molecule has 0 aliphatic rings. The largest absolute Gasteiger partial charge is 0.372 e. The molecule has 1 N–H and O–H groups in total. The average Bonchev–Trinajstić information content (AvgIpc) is 3.34. The fourth-order valence-corrected chi connectivity index (χ4v) is 4.83. The lowest BCUT2D eigenvalue weighted by molar-refractivity contribution is -0.118. The first-order chi connectivity index (χ1) is 17.6. The number of hydrazone groups is 1. The summed E-state index contributed by atoms with van der Waals surface area (Å²) < 4.78 is 2.91. The maximum Gasteiger partial charge on any atom is 0.250 e. The van der Waals surface area contributed by atoms with Gasteiger partial charge in [-0.05, 0) is 55.8 Å². The zero-order chi connectivity index (χ0) is 25.3. The molecule has 0 fully saturated rings. The molecule has 0 saturated carbocycles. The lowest BCUT2D eigenvalue weighted by atomic mass is 10.2. The van der Waals surface area contributed by atoms with Crippen molar-refractivity contribution in [1.29, 1.82) is 0 Å². The highest BCUT2D eigenvalue weighted by Crippen LogP contribution is 2.29. The molecule has 0 unspecified atom stereocenters. The molecule has 1 amide bonds. The maximum absolute atomic E-state index is 12.5. The van der Waals surface area contributed by atoms with E-state index in [1.54, 1.807) is 6.21 Å². The van der Waals surface area contributed by atoms with E-state index in [1.807, 2.05) is 71.3 Å². The van der Waals surface area contributed by atoms with Gasteiger partial charge in [-0.1, -0.05) is 70.2 Å². The first-order valence-electron chi connectivity index (χ1n) is 11.7. The number of carbonyl (C=O) groups excluding carboxylic acids is 1. The van der Waals surface area contributed by atoms with E-state index in [1.165, 1.54) is 17.4 Å². The highest BCUT2D eigenvalue weighted by Gasteiger charge is 2.17. The van der Waals surface area contributed by atoms with Gasteiger partial charge < -0.3 is 4.90 Å². The molecule has 0 spiro atoms. The summed E-state index contributed by atoms with van der Waals surface area (Å²) >= 11 is 4.84. The summed E-state index contributed by atoms with van der Waals surface area (Å²) in [5, 5.41) is 13.5. The minimum Gasteiger partial charge on any atom is -0.372 e. The number of carbonyl (C=O) groups is 1. The zero-order valence-corrected chi connectivity index (χ0v) is 22.5. The van der Waals surface area contributed by atoms with Crippen LogP contribution in [-0.2, 0) is 4.79 Å². The lowest BCUT2D eigenvalue weighted by Gasteiger charge is -2.20. The van der Waals surface area contributed by atoms with Gasteiger partial charge in [-0.25, -0.2) is 5.43 Å². The van der Waals surface area contributed by atoms with E-state index in [-0.39, 0.29) is 11.7 Å². The number of rotatable bonds is 10. The minimum absolute atomic E-state index is 0.154. The van der Waals surface area contributed by atoms with Crippen molar-refractivity contribution in [1.82, 2.24) is 20.2 Å². The third-order valence-electron chi connectivity index (χ3n) is 5.49. The Morgan fingerprint density at radius 1 is 1.03 bits per heavy atom. The molecule has 9 heteroatoms. The molecule has 4 rings (SSSR count). The summed E-state index contributed by atoms with van der Waals surface area (Å²) in [4.78, 5) is 14.8.